The Hall–Kier alpha value is -0.560. The van der Waals surface area contributed by atoms with Crippen LogP contribution in [-0.2, 0) is 6.42 Å². The van der Waals surface area contributed by atoms with E-state index in [0.717, 1.165) is 6.42 Å². The zero-order chi connectivity index (χ0) is 8.72. The molecule has 0 heterocycles. The first kappa shape index (κ1) is 8.06. The molecule has 0 aromatic heterocycles. The highest BCUT2D eigenvalue weighted by atomic mass is 79.9. The highest BCUT2D eigenvalue weighted by Crippen LogP contribution is 2.34. The molecule has 62 valence electrons. The van der Waals surface area contributed by atoms with Crippen LogP contribution in [0.15, 0.2) is 22.7 Å². The lowest BCUT2D eigenvalue weighted by atomic mass is 10.0. The van der Waals surface area contributed by atoms with Gasteiger partial charge < -0.3 is 0 Å². The Morgan fingerprint density at radius 2 is 2.00 bits per heavy atom. The zero-order valence-corrected chi connectivity index (χ0v) is 8.90. The number of hydrogen-bond donors (Lipinski definition) is 0. The van der Waals surface area contributed by atoms with Crippen molar-refractivity contribution in [2.45, 2.75) is 20.3 Å². The van der Waals surface area contributed by atoms with Gasteiger partial charge >= 0.3 is 0 Å². The van der Waals surface area contributed by atoms with E-state index in [0.29, 0.717) is 0 Å². The molecule has 1 heteroatoms. The number of fused-ring (bicyclic) bond motifs is 1. The summed E-state index contributed by atoms with van der Waals surface area (Å²) in [5.74, 6) is 0. The molecule has 0 radical (unpaired) electrons. The molecule has 0 spiro atoms. The molecule has 0 saturated carbocycles. The van der Waals surface area contributed by atoms with Crippen LogP contribution in [0.25, 0.3) is 5.57 Å². The molecule has 1 aromatic carbocycles. The van der Waals surface area contributed by atoms with Crippen molar-refractivity contribution in [2.24, 2.45) is 0 Å². The summed E-state index contributed by atoms with van der Waals surface area (Å²) in [6, 6.07) is 4.31. The molecule has 1 aromatic rings. The Morgan fingerprint density at radius 3 is 2.67 bits per heavy atom. The van der Waals surface area contributed by atoms with Gasteiger partial charge in [0.05, 0.1) is 0 Å². The minimum absolute atomic E-state index is 1.09. The molecule has 0 N–H and O–H groups in total. The molecule has 12 heavy (non-hydrogen) atoms. The fraction of sp³-hybridized carbons (Fsp3) is 0.273. The first-order valence-electron chi connectivity index (χ1n) is 4.15. The van der Waals surface area contributed by atoms with Gasteiger partial charge in [-0.25, -0.2) is 0 Å². The Morgan fingerprint density at radius 1 is 1.25 bits per heavy atom. The zero-order valence-electron chi connectivity index (χ0n) is 7.32. The van der Waals surface area contributed by atoms with Crippen molar-refractivity contribution >= 4 is 21.5 Å². The number of rotatable bonds is 0. The van der Waals surface area contributed by atoms with Crippen LogP contribution in [-0.4, -0.2) is 0 Å². The summed E-state index contributed by atoms with van der Waals surface area (Å²) in [4.78, 5) is 0. The van der Waals surface area contributed by atoms with Crippen molar-refractivity contribution in [1.29, 1.82) is 0 Å². The average Bonchev–Trinajstić information content (AvgIpc) is 2.42. The predicted octanol–water partition coefficient (Wildman–Crippen LogP) is 3.72. The SMILES string of the molecule is CC1=CCc2c(Br)ccc(C)c21. The first-order valence-corrected chi connectivity index (χ1v) is 4.94. The second kappa shape index (κ2) is 2.74. The lowest BCUT2D eigenvalue weighted by molar-refractivity contribution is 1.26. The maximum Gasteiger partial charge on any atom is 0.0216 e. The summed E-state index contributed by atoms with van der Waals surface area (Å²) in [6.07, 6.45) is 3.38. The molecule has 0 unspecified atom stereocenters. The fourth-order valence-electron chi connectivity index (χ4n) is 1.85. The lowest BCUT2D eigenvalue weighted by Crippen LogP contribution is -1.88. The summed E-state index contributed by atoms with van der Waals surface area (Å²) in [5.41, 5.74) is 5.71. The molecule has 2 rings (SSSR count). The number of halogens is 1. The summed E-state index contributed by atoms with van der Waals surface area (Å²) in [5, 5.41) is 0. The molecule has 0 fully saturated rings. The van der Waals surface area contributed by atoms with E-state index >= 15 is 0 Å². The molecule has 0 aliphatic heterocycles. The van der Waals surface area contributed by atoms with Gasteiger partial charge in [0.2, 0.25) is 0 Å². The van der Waals surface area contributed by atoms with Crippen molar-refractivity contribution < 1.29 is 0 Å². The van der Waals surface area contributed by atoms with Crippen LogP contribution in [0, 0.1) is 6.92 Å². The smallest absolute Gasteiger partial charge is 0.0216 e. The predicted molar refractivity (Wildman–Crippen MR) is 56.2 cm³/mol. The molecular formula is C11H11Br. The van der Waals surface area contributed by atoms with Crippen molar-refractivity contribution in [3.63, 3.8) is 0 Å². The second-order valence-electron chi connectivity index (χ2n) is 3.31. The average molecular weight is 223 g/mol. The molecule has 0 bridgehead atoms. The van der Waals surface area contributed by atoms with E-state index in [-0.39, 0.29) is 0 Å². The summed E-state index contributed by atoms with van der Waals surface area (Å²) in [7, 11) is 0. The Labute approximate surface area is 81.4 Å². The maximum atomic E-state index is 3.58. The van der Waals surface area contributed by atoms with Gasteiger partial charge in [-0.2, -0.15) is 0 Å². The number of benzene rings is 1. The summed E-state index contributed by atoms with van der Waals surface area (Å²) >= 11 is 3.58. The van der Waals surface area contributed by atoms with Gasteiger partial charge in [0, 0.05) is 4.47 Å². The summed E-state index contributed by atoms with van der Waals surface area (Å²) in [6.45, 7) is 4.36. The fourth-order valence-corrected chi connectivity index (χ4v) is 2.34. The number of hydrogen-bond acceptors (Lipinski definition) is 0. The van der Waals surface area contributed by atoms with Crippen LogP contribution >= 0.6 is 15.9 Å². The van der Waals surface area contributed by atoms with Gasteiger partial charge in [0.25, 0.3) is 0 Å². The quantitative estimate of drug-likeness (QED) is 0.628. The van der Waals surface area contributed by atoms with Gasteiger partial charge in [-0.05, 0) is 48.6 Å². The van der Waals surface area contributed by atoms with E-state index in [1.54, 1.807) is 0 Å². The minimum Gasteiger partial charge on any atom is -0.0765 e. The van der Waals surface area contributed by atoms with Crippen molar-refractivity contribution in [3.8, 4) is 0 Å². The van der Waals surface area contributed by atoms with Crippen LogP contribution in [0.5, 0.6) is 0 Å². The van der Waals surface area contributed by atoms with Crippen molar-refractivity contribution in [3.05, 3.63) is 39.4 Å². The van der Waals surface area contributed by atoms with Crippen molar-refractivity contribution in [2.75, 3.05) is 0 Å². The van der Waals surface area contributed by atoms with E-state index in [1.807, 2.05) is 0 Å². The number of allylic oxidation sites excluding steroid dienone is 2. The highest BCUT2D eigenvalue weighted by molar-refractivity contribution is 9.10. The molecule has 0 amide bonds. The third-order valence-electron chi connectivity index (χ3n) is 2.47. The Kier molecular flexibility index (Phi) is 1.84. The highest BCUT2D eigenvalue weighted by Gasteiger charge is 2.14. The van der Waals surface area contributed by atoms with Crippen LogP contribution in [0.2, 0.25) is 0 Å². The molecule has 1 aliphatic rings. The lowest BCUT2D eigenvalue weighted by Gasteiger charge is -2.07. The van der Waals surface area contributed by atoms with Crippen LogP contribution < -0.4 is 0 Å². The van der Waals surface area contributed by atoms with Crippen LogP contribution in [0.4, 0.5) is 0 Å². The second-order valence-corrected chi connectivity index (χ2v) is 4.16. The van der Waals surface area contributed by atoms with Gasteiger partial charge in [-0.1, -0.05) is 28.1 Å². The summed E-state index contributed by atoms with van der Waals surface area (Å²) < 4.78 is 1.25. The molecule has 1 aliphatic carbocycles. The first-order chi connectivity index (χ1) is 5.70. The third-order valence-corrected chi connectivity index (χ3v) is 3.21. The van der Waals surface area contributed by atoms with Gasteiger partial charge in [0.15, 0.2) is 0 Å². The monoisotopic (exact) mass is 222 g/mol. The van der Waals surface area contributed by atoms with Gasteiger partial charge in [-0.3, -0.25) is 0 Å². The third kappa shape index (κ3) is 1.04. The normalized spacial score (nSPS) is 14.4. The van der Waals surface area contributed by atoms with Crippen molar-refractivity contribution in [1.82, 2.24) is 0 Å². The maximum absolute atomic E-state index is 3.58. The van der Waals surface area contributed by atoms with E-state index in [2.05, 4.69) is 48.0 Å². The van der Waals surface area contributed by atoms with Gasteiger partial charge in [0.1, 0.15) is 0 Å². The minimum atomic E-state index is 1.09. The van der Waals surface area contributed by atoms with Crippen LogP contribution in [0.1, 0.15) is 23.6 Å². The van der Waals surface area contributed by atoms with Crippen LogP contribution in [0.3, 0.4) is 0 Å². The van der Waals surface area contributed by atoms with Gasteiger partial charge in [-0.15, -0.1) is 0 Å². The van der Waals surface area contributed by atoms with E-state index in [9.17, 15) is 0 Å². The molecular weight excluding hydrogens is 212 g/mol. The topological polar surface area (TPSA) is 0 Å². The molecule has 0 atom stereocenters. The molecule has 0 nitrogen and oxygen atoms in total. The Bertz CT molecular complexity index is 362. The van der Waals surface area contributed by atoms with E-state index < -0.39 is 0 Å². The molecule has 0 saturated heterocycles. The standard InChI is InChI=1S/C11H11Br/c1-7-3-5-9-10(12)6-4-8(2)11(7)9/h3-4,6H,5H2,1-2H3. The van der Waals surface area contributed by atoms with E-state index in [4.69, 9.17) is 0 Å². The largest absolute Gasteiger partial charge is 0.0765 e. The number of aryl methyl sites for hydroxylation is 1. The van der Waals surface area contributed by atoms with E-state index in [1.165, 1.54) is 26.7 Å². The Balaban J connectivity index is 2.71.